The third-order valence-corrected chi connectivity index (χ3v) is 4.42. The van der Waals surface area contributed by atoms with Crippen LogP contribution < -0.4 is 4.90 Å². The van der Waals surface area contributed by atoms with E-state index in [0.29, 0.717) is 11.4 Å². The van der Waals surface area contributed by atoms with Crippen molar-refractivity contribution in [3.8, 4) is 5.69 Å². The summed E-state index contributed by atoms with van der Waals surface area (Å²) in [4.78, 5) is 26.5. The van der Waals surface area contributed by atoms with E-state index in [1.165, 1.54) is 28.8 Å². The van der Waals surface area contributed by atoms with Crippen LogP contribution in [-0.2, 0) is 9.53 Å². The Labute approximate surface area is 162 Å². The number of halogens is 1. The number of benzene rings is 2. The fourth-order valence-corrected chi connectivity index (χ4v) is 2.80. The quantitative estimate of drug-likeness (QED) is 0.634. The second-order valence-electron chi connectivity index (χ2n) is 6.29. The van der Waals surface area contributed by atoms with Gasteiger partial charge in [-0.3, -0.25) is 4.79 Å². The molecule has 1 heterocycles. The minimum absolute atomic E-state index is 0.172. The fourth-order valence-electron chi connectivity index (χ4n) is 2.80. The lowest BCUT2D eigenvalue weighted by molar-refractivity contribution is -0.126. The van der Waals surface area contributed by atoms with E-state index in [4.69, 9.17) is 4.74 Å². The van der Waals surface area contributed by atoms with Gasteiger partial charge in [-0.25, -0.2) is 13.9 Å². The Kier molecular flexibility index (Phi) is 5.54. The first-order valence-electron chi connectivity index (χ1n) is 8.73. The van der Waals surface area contributed by atoms with Crippen molar-refractivity contribution in [3.05, 3.63) is 77.9 Å². The Morgan fingerprint density at radius 3 is 2.43 bits per heavy atom. The predicted octanol–water partition coefficient (Wildman–Crippen LogP) is 3.53. The molecule has 0 radical (unpaired) electrons. The van der Waals surface area contributed by atoms with Gasteiger partial charge in [-0.15, -0.1) is 0 Å². The molecule has 3 aromatic rings. The van der Waals surface area contributed by atoms with Crippen LogP contribution in [0.1, 0.15) is 23.0 Å². The highest BCUT2D eigenvalue weighted by molar-refractivity contribution is 5.98. The van der Waals surface area contributed by atoms with Gasteiger partial charge in [0.25, 0.3) is 5.91 Å². The maximum absolute atomic E-state index is 14.0. The van der Waals surface area contributed by atoms with Gasteiger partial charge >= 0.3 is 5.97 Å². The molecule has 2 aromatic carbocycles. The molecule has 0 unspecified atom stereocenters. The van der Waals surface area contributed by atoms with E-state index in [1.54, 1.807) is 44.3 Å². The monoisotopic (exact) mass is 381 g/mol. The molecule has 1 amide bonds. The third-order valence-electron chi connectivity index (χ3n) is 4.42. The molecule has 0 aliphatic heterocycles. The van der Waals surface area contributed by atoms with Crippen molar-refractivity contribution in [1.82, 2.24) is 9.78 Å². The second kappa shape index (κ2) is 8.04. The minimum Gasteiger partial charge on any atom is -0.449 e. The third kappa shape index (κ3) is 3.78. The maximum Gasteiger partial charge on any atom is 0.342 e. The van der Waals surface area contributed by atoms with Gasteiger partial charge in [-0.2, -0.15) is 5.10 Å². The summed E-state index contributed by atoms with van der Waals surface area (Å²) in [5.74, 6) is -1.51. The number of aromatic nitrogens is 2. The lowest BCUT2D eigenvalue weighted by atomic mass is 10.2. The number of para-hydroxylation sites is 2. The molecule has 0 N–H and O–H groups in total. The zero-order valence-corrected chi connectivity index (χ0v) is 15.8. The highest BCUT2D eigenvalue weighted by Gasteiger charge is 2.25. The molecular formula is C21H20FN3O3. The number of carbonyl (C=O) groups excluding carboxylic acids is 2. The van der Waals surface area contributed by atoms with Crippen molar-refractivity contribution in [2.24, 2.45) is 0 Å². The number of ether oxygens (including phenoxy) is 1. The fraction of sp³-hybridized carbons (Fsp3) is 0.190. The maximum atomic E-state index is 14.0. The topological polar surface area (TPSA) is 64.4 Å². The number of anilines is 1. The summed E-state index contributed by atoms with van der Waals surface area (Å²) < 4.78 is 20.7. The Morgan fingerprint density at radius 2 is 1.75 bits per heavy atom. The summed E-state index contributed by atoms with van der Waals surface area (Å²) in [6, 6.07) is 15.2. The number of carbonyl (C=O) groups is 2. The van der Waals surface area contributed by atoms with Crippen LogP contribution in [0.5, 0.6) is 0 Å². The van der Waals surface area contributed by atoms with Gasteiger partial charge in [0.05, 0.1) is 11.9 Å². The zero-order chi connectivity index (χ0) is 20.3. The van der Waals surface area contributed by atoms with Crippen LogP contribution in [0.3, 0.4) is 0 Å². The zero-order valence-electron chi connectivity index (χ0n) is 15.8. The Balaban J connectivity index is 1.75. The first-order valence-corrected chi connectivity index (χ1v) is 8.73. The Hall–Kier alpha value is -3.48. The molecule has 3 rings (SSSR count). The van der Waals surface area contributed by atoms with Crippen LogP contribution in [0.2, 0.25) is 0 Å². The molecule has 0 aliphatic rings. The standard InChI is InChI=1S/C21H20FN3O3/c1-14-17(13-23-25(14)19-12-8-7-11-18(19)22)21(27)28-15(2)20(26)24(3)16-9-5-4-6-10-16/h4-13,15H,1-3H3/t15-/m1/s1. The summed E-state index contributed by atoms with van der Waals surface area (Å²) in [6.45, 7) is 3.15. The normalized spacial score (nSPS) is 11.7. The number of likely N-dealkylation sites (N-methyl/N-ethyl adjacent to an activating group) is 1. The molecule has 1 atom stereocenters. The average Bonchev–Trinajstić information content (AvgIpc) is 3.09. The van der Waals surface area contributed by atoms with Gasteiger partial charge in [-0.05, 0) is 38.1 Å². The van der Waals surface area contributed by atoms with Crippen LogP contribution in [-0.4, -0.2) is 34.8 Å². The van der Waals surface area contributed by atoms with Crippen molar-refractivity contribution in [3.63, 3.8) is 0 Å². The highest BCUT2D eigenvalue weighted by atomic mass is 19.1. The van der Waals surface area contributed by atoms with Crippen LogP contribution >= 0.6 is 0 Å². The van der Waals surface area contributed by atoms with Gasteiger partial charge in [0.15, 0.2) is 6.10 Å². The Bertz CT molecular complexity index is 1000. The molecule has 144 valence electrons. The molecule has 7 heteroatoms. The number of nitrogens with zero attached hydrogens (tertiary/aromatic N) is 3. The van der Waals surface area contributed by atoms with Crippen molar-refractivity contribution < 1.29 is 18.7 Å². The summed E-state index contributed by atoms with van der Waals surface area (Å²) in [7, 11) is 1.61. The predicted molar refractivity (Wildman–Crippen MR) is 103 cm³/mol. The van der Waals surface area contributed by atoms with E-state index < -0.39 is 17.9 Å². The van der Waals surface area contributed by atoms with Gasteiger partial charge in [-0.1, -0.05) is 30.3 Å². The van der Waals surface area contributed by atoms with Gasteiger partial charge in [0.1, 0.15) is 17.1 Å². The number of hydrogen-bond donors (Lipinski definition) is 0. The van der Waals surface area contributed by atoms with E-state index in [-0.39, 0.29) is 17.2 Å². The smallest absolute Gasteiger partial charge is 0.342 e. The average molecular weight is 381 g/mol. The van der Waals surface area contributed by atoms with Crippen molar-refractivity contribution in [2.75, 3.05) is 11.9 Å². The Morgan fingerprint density at radius 1 is 1.11 bits per heavy atom. The summed E-state index contributed by atoms with van der Waals surface area (Å²) >= 11 is 0. The van der Waals surface area contributed by atoms with Crippen molar-refractivity contribution in [2.45, 2.75) is 20.0 Å². The molecule has 0 spiro atoms. The lowest BCUT2D eigenvalue weighted by Gasteiger charge is -2.21. The largest absolute Gasteiger partial charge is 0.449 e. The van der Waals surface area contributed by atoms with Gasteiger partial charge in [0.2, 0.25) is 0 Å². The summed E-state index contributed by atoms with van der Waals surface area (Å²) in [6.07, 6.45) is 0.316. The van der Waals surface area contributed by atoms with E-state index in [0.717, 1.165) is 0 Å². The minimum atomic E-state index is -0.992. The molecule has 0 fully saturated rings. The van der Waals surface area contributed by atoms with Crippen LogP contribution in [0.25, 0.3) is 5.69 Å². The number of rotatable bonds is 5. The van der Waals surface area contributed by atoms with Crippen LogP contribution in [0.4, 0.5) is 10.1 Å². The first-order chi connectivity index (χ1) is 13.4. The summed E-state index contributed by atoms with van der Waals surface area (Å²) in [5.41, 5.74) is 1.52. The van der Waals surface area contributed by atoms with Crippen LogP contribution in [0.15, 0.2) is 60.8 Å². The highest BCUT2D eigenvalue weighted by Crippen LogP contribution is 2.19. The summed E-state index contributed by atoms with van der Waals surface area (Å²) in [5, 5.41) is 4.08. The van der Waals surface area contributed by atoms with E-state index in [9.17, 15) is 14.0 Å². The van der Waals surface area contributed by atoms with Crippen LogP contribution in [0, 0.1) is 12.7 Å². The molecule has 0 saturated carbocycles. The SMILES string of the molecule is Cc1c(C(=O)O[C@H](C)C(=O)N(C)c2ccccc2)cnn1-c1ccccc1F. The number of amides is 1. The molecule has 1 aromatic heterocycles. The second-order valence-corrected chi connectivity index (χ2v) is 6.29. The first kappa shape index (κ1) is 19.3. The molecule has 0 saturated heterocycles. The van der Waals surface area contributed by atoms with Crippen molar-refractivity contribution >= 4 is 17.6 Å². The molecular weight excluding hydrogens is 361 g/mol. The van der Waals surface area contributed by atoms with E-state index in [1.807, 2.05) is 18.2 Å². The lowest BCUT2D eigenvalue weighted by Crippen LogP contribution is -2.37. The van der Waals surface area contributed by atoms with E-state index in [2.05, 4.69) is 5.10 Å². The van der Waals surface area contributed by atoms with Gasteiger partial charge < -0.3 is 9.64 Å². The molecule has 0 aliphatic carbocycles. The van der Waals surface area contributed by atoms with Crippen molar-refractivity contribution in [1.29, 1.82) is 0 Å². The molecule has 0 bridgehead atoms. The molecule has 28 heavy (non-hydrogen) atoms. The number of esters is 1. The molecule has 6 nitrogen and oxygen atoms in total. The number of hydrogen-bond acceptors (Lipinski definition) is 4. The van der Waals surface area contributed by atoms with Gasteiger partial charge in [0, 0.05) is 12.7 Å². The van der Waals surface area contributed by atoms with E-state index >= 15 is 0 Å².